The van der Waals surface area contributed by atoms with Crippen molar-refractivity contribution in [2.24, 2.45) is 17.6 Å². The summed E-state index contributed by atoms with van der Waals surface area (Å²) in [6.45, 7) is 3.52. The number of fused-ring (bicyclic) bond motifs is 3. The van der Waals surface area contributed by atoms with Crippen molar-refractivity contribution >= 4 is 33.4 Å². The molecule has 1 amide bonds. The van der Waals surface area contributed by atoms with Crippen LogP contribution in [0.15, 0.2) is 64.3 Å². The van der Waals surface area contributed by atoms with E-state index in [9.17, 15) is 48.3 Å². The second-order valence-corrected chi connectivity index (χ2v) is 12.5. The molecule has 0 bridgehead atoms. The van der Waals surface area contributed by atoms with Gasteiger partial charge in [-0.15, -0.1) is 0 Å². The zero-order chi connectivity index (χ0) is 32.3. The van der Waals surface area contributed by atoms with Crippen LogP contribution in [0.25, 0.3) is 5.76 Å². The van der Waals surface area contributed by atoms with Gasteiger partial charge in [-0.3, -0.25) is 23.8 Å². The van der Waals surface area contributed by atoms with Gasteiger partial charge < -0.3 is 36.7 Å². The van der Waals surface area contributed by atoms with Gasteiger partial charge >= 0.3 is 0 Å². The molecule has 0 radical (unpaired) electrons. The van der Waals surface area contributed by atoms with Gasteiger partial charge in [0, 0.05) is 11.5 Å². The van der Waals surface area contributed by atoms with E-state index in [-0.39, 0.29) is 21.7 Å². The smallest absolute Gasteiger partial charge is 0.294 e. The third kappa shape index (κ3) is 5.16. The van der Waals surface area contributed by atoms with E-state index in [1.54, 1.807) is 31.2 Å². The van der Waals surface area contributed by atoms with Gasteiger partial charge in [0.1, 0.15) is 22.8 Å². The Labute approximate surface area is 252 Å². The van der Waals surface area contributed by atoms with Gasteiger partial charge in [-0.25, -0.2) is 0 Å². The van der Waals surface area contributed by atoms with Crippen LogP contribution in [0.4, 0.5) is 0 Å². The third-order valence-electron chi connectivity index (χ3n) is 8.31. The number of rotatable bonds is 3. The zero-order valence-corrected chi connectivity index (χ0v) is 24.9. The molecular formula is C29H34N2O12S. The first kappa shape index (κ1) is 34.4. The molecule has 3 aliphatic rings. The summed E-state index contributed by atoms with van der Waals surface area (Å²) in [5.74, 6) is -8.87. The molecule has 0 aromatic heterocycles. The number of carbonyl (C=O) groups excluding carboxylic acids is 3. The maximum absolute atomic E-state index is 13.7. The number of phenols is 1. The van der Waals surface area contributed by atoms with Crippen molar-refractivity contribution in [2.75, 3.05) is 14.1 Å². The molecule has 0 saturated heterocycles. The fraction of sp³-hybridized carbons (Fsp3) is 0.345. The molecule has 238 valence electrons. The van der Waals surface area contributed by atoms with Gasteiger partial charge in [0.25, 0.3) is 16.0 Å². The number of Topliss-reactive ketones (excluding diaryl/α,β-unsaturated/α-hetero) is 2. The Morgan fingerprint density at radius 2 is 1.59 bits per heavy atom. The number of hydrogen-bond donors (Lipinski definition) is 7. The predicted molar refractivity (Wildman–Crippen MR) is 155 cm³/mol. The normalized spacial score (nSPS) is 27.9. The molecule has 14 nitrogen and oxygen atoms in total. The summed E-state index contributed by atoms with van der Waals surface area (Å²) in [6.07, 6.45) is -1.59. The number of aryl methyl sites for hydroxylation is 1. The fourth-order valence-electron chi connectivity index (χ4n) is 6.29. The SMILES string of the molecule is C[C@H]1c2cccc(O)c2C(O)=C2C(=O)[C@]3(O)C(O)=C(C(N)=O)C(=O)[C@@H](N(C)C)[C@@H]3[C@@H](O)[C@@H]21.Cc1ccc(S(=O)(=O)O)cc1.O. The Bertz CT molecular complexity index is 1700. The number of likely N-dealkylation sites (N-methyl/N-ethyl adjacent to an activating group) is 1. The molecule has 3 aliphatic carbocycles. The van der Waals surface area contributed by atoms with E-state index in [1.807, 2.05) is 6.92 Å². The molecule has 0 unspecified atom stereocenters. The molecule has 1 fully saturated rings. The topological polar surface area (TPSA) is 267 Å². The summed E-state index contributed by atoms with van der Waals surface area (Å²) in [6, 6.07) is 9.12. The van der Waals surface area contributed by atoms with E-state index in [4.69, 9.17) is 10.3 Å². The van der Waals surface area contributed by atoms with Crippen molar-refractivity contribution < 1.29 is 58.4 Å². The van der Waals surface area contributed by atoms with Crippen molar-refractivity contribution in [1.29, 1.82) is 0 Å². The number of nitrogens with two attached hydrogens (primary N) is 1. The second-order valence-electron chi connectivity index (χ2n) is 11.1. The minimum Gasteiger partial charge on any atom is -0.508 e. The molecule has 15 heteroatoms. The third-order valence-corrected chi connectivity index (χ3v) is 9.18. The van der Waals surface area contributed by atoms with Gasteiger partial charge in [0.15, 0.2) is 11.4 Å². The highest BCUT2D eigenvalue weighted by Gasteiger charge is 2.68. The van der Waals surface area contributed by atoms with Gasteiger partial charge in [0.2, 0.25) is 5.78 Å². The van der Waals surface area contributed by atoms with Gasteiger partial charge in [-0.2, -0.15) is 8.42 Å². The van der Waals surface area contributed by atoms with Crippen LogP contribution in [0.3, 0.4) is 0 Å². The lowest BCUT2D eigenvalue weighted by molar-refractivity contribution is -0.169. The molecule has 0 spiro atoms. The first-order valence-electron chi connectivity index (χ1n) is 13.1. The maximum Gasteiger partial charge on any atom is 0.294 e. The summed E-state index contributed by atoms with van der Waals surface area (Å²) < 4.78 is 29.6. The van der Waals surface area contributed by atoms with Crippen LogP contribution in [0.2, 0.25) is 0 Å². The summed E-state index contributed by atoms with van der Waals surface area (Å²) >= 11 is 0. The summed E-state index contributed by atoms with van der Waals surface area (Å²) in [5, 5.41) is 54.9. The number of carbonyl (C=O) groups is 3. The monoisotopic (exact) mass is 634 g/mol. The second kappa shape index (κ2) is 11.8. The van der Waals surface area contributed by atoms with Crippen molar-refractivity contribution in [3.8, 4) is 5.75 Å². The quantitative estimate of drug-likeness (QED) is 0.172. The molecule has 5 rings (SSSR count). The lowest BCUT2D eigenvalue weighted by Gasteiger charge is -2.53. The number of phenolic OH excluding ortho intramolecular Hbond substituents is 1. The average molecular weight is 635 g/mol. The summed E-state index contributed by atoms with van der Waals surface area (Å²) in [4.78, 5) is 39.9. The number of primary amides is 1. The van der Waals surface area contributed by atoms with Gasteiger partial charge in [-0.1, -0.05) is 36.8 Å². The highest BCUT2D eigenvalue weighted by atomic mass is 32.2. The van der Waals surface area contributed by atoms with Crippen LogP contribution in [0.5, 0.6) is 5.75 Å². The number of ketones is 2. The van der Waals surface area contributed by atoms with Crippen molar-refractivity contribution in [3.63, 3.8) is 0 Å². The van der Waals surface area contributed by atoms with E-state index < -0.39 is 85.8 Å². The van der Waals surface area contributed by atoms with Crippen LogP contribution < -0.4 is 5.73 Å². The summed E-state index contributed by atoms with van der Waals surface area (Å²) in [7, 11) is -1.10. The highest BCUT2D eigenvalue weighted by Crippen LogP contribution is 2.55. The highest BCUT2D eigenvalue weighted by molar-refractivity contribution is 7.85. The molecule has 0 aliphatic heterocycles. The maximum atomic E-state index is 13.7. The van der Waals surface area contributed by atoms with E-state index in [2.05, 4.69) is 0 Å². The van der Waals surface area contributed by atoms with E-state index >= 15 is 0 Å². The molecule has 1 saturated carbocycles. The number of aromatic hydroxyl groups is 1. The van der Waals surface area contributed by atoms with E-state index in [1.165, 1.54) is 37.2 Å². The molecule has 6 atom stereocenters. The molecular weight excluding hydrogens is 600 g/mol. The zero-order valence-electron chi connectivity index (χ0n) is 24.1. The Hall–Kier alpha value is -4.12. The molecule has 2 aromatic rings. The molecule has 2 aromatic carbocycles. The Morgan fingerprint density at radius 1 is 1.02 bits per heavy atom. The summed E-state index contributed by atoms with van der Waals surface area (Å²) in [5.41, 5.74) is 2.42. The average Bonchev–Trinajstić information content (AvgIpc) is 2.90. The Morgan fingerprint density at radius 3 is 2.09 bits per heavy atom. The molecule has 10 N–H and O–H groups in total. The van der Waals surface area contributed by atoms with Crippen LogP contribution in [0, 0.1) is 18.8 Å². The van der Waals surface area contributed by atoms with Crippen LogP contribution in [-0.4, -0.2) is 98.2 Å². The van der Waals surface area contributed by atoms with Crippen LogP contribution in [-0.2, 0) is 24.5 Å². The van der Waals surface area contributed by atoms with Crippen molar-refractivity contribution in [2.45, 2.75) is 42.4 Å². The minimum atomic E-state index is -4.02. The van der Waals surface area contributed by atoms with Gasteiger partial charge in [-0.05, 0) is 50.7 Å². The van der Waals surface area contributed by atoms with Crippen molar-refractivity contribution in [1.82, 2.24) is 4.90 Å². The number of aliphatic hydroxyl groups is 4. The number of nitrogens with zero attached hydrogens (tertiary/aromatic N) is 1. The van der Waals surface area contributed by atoms with E-state index in [0.29, 0.717) is 5.56 Å². The van der Waals surface area contributed by atoms with Gasteiger partial charge in [0.05, 0.1) is 28.5 Å². The lowest BCUT2D eigenvalue weighted by Crippen LogP contribution is -2.70. The number of benzene rings is 2. The number of hydrogen-bond acceptors (Lipinski definition) is 11. The standard InChI is InChI=1S/C22H24N2O8.C7H8O3S.H2O/c1-7-8-5-4-6-9(25)11(8)16(26)12-10(7)17(27)14-15(24(2)3)18(28)13(21(23)31)20(30)22(14,32)19(12)29;1-6-2-4-7(5-3-6)11(8,9)10;/h4-7,10,14-15,17,25-27,30,32H,1-3H3,(H2,23,31);2-5H,1H3,(H,8,9,10);1H2/t7-,10+,14+,15-,17-,22-;;/m0../s1. The largest absolute Gasteiger partial charge is 0.508 e. The first-order valence-corrected chi connectivity index (χ1v) is 14.5. The Balaban J connectivity index is 0.000000374. The van der Waals surface area contributed by atoms with E-state index in [0.717, 1.165) is 5.56 Å². The fourth-order valence-corrected chi connectivity index (χ4v) is 6.77. The molecule has 0 heterocycles. The molecule has 44 heavy (non-hydrogen) atoms. The lowest BCUT2D eigenvalue weighted by atomic mass is 9.54. The Kier molecular flexibility index (Phi) is 9.19. The predicted octanol–water partition coefficient (Wildman–Crippen LogP) is -0.0872. The van der Waals surface area contributed by atoms with Crippen LogP contribution >= 0.6 is 0 Å². The van der Waals surface area contributed by atoms with Crippen molar-refractivity contribution in [3.05, 3.63) is 76.1 Å². The first-order chi connectivity index (χ1) is 19.9. The number of aliphatic hydroxyl groups excluding tert-OH is 3. The van der Waals surface area contributed by atoms with Crippen LogP contribution in [0.1, 0.15) is 29.5 Å². The minimum absolute atomic E-state index is 0. The number of amides is 1.